The Bertz CT molecular complexity index is 1220. The van der Waals surface area contributed by atoms with Crippen molar-refractivity contribution in [2.75, 3.05) is 28.4 Å². The lowest BCUT2D eigenvalue weighted by atomic mass is 10.0. The van der Waals surface area contributed by atoms with Crippen molar-refractivity contribution in [1.29, 1.82) is 0 Å². The van der Waals surface area contributed by atoms with Crippen LogP contribution >= 0.6 is 31.0 Å². The Kier molecular flexibility index (Phi) is 8.15. The third-order valence-electron chi connectivity index (χ3n) is 4.97. The van der Waals surface area contributed by atoms with Crippen LogP contribution in [-0.4, -0.2) is 39.7 Å². The van der Waals surface area contributed by atoms with Crippen LogP contribution in [0.15, 0.2) is 48.5 Å². The number of carbonyl (C=O) groups is 2. The summed E-state index contributed by atoms with van der Waals surface area (Å²) in [5, 5.41) is -0.571. The van der Waals surface area contributed by atoms with Crippen LogP contribution in [-0.2, 0) is 4.57 Å². The summed E-state index contributed by atoms with van der Waals surface area (Å²) in [6.45, 7) is 0. The van der Waals surface area contributed by atoms with Crippen molar-refractivity contribution in [3.05, 3.63) is 75.3 Å². The monoisotopic (exact) mass is 521 g/mol. The Morgan fingerprint density at radius 2 is 1.21 bits per heavy atom. The van der Waals surface area contributed by atoms with Gasteiger partial charge in [-0.1, -0.05) is 64.2 Å². The Labute approximate surface area is 207 Å². The van der Waals surface area contributed by atoms with Crippen molar-refractivity contribution in [1.82, 2.24) is 0 Å². The van der Waals surface area contributed by atoms with Crippen molar-refractivity contribution < 1.29 is 33.1 Å². The van der Waals surface area contributed by atoms with Crippen LogP contribution in [0.4, 0.5) is 0 Å². The highest BCUT2D eigenvalue weighted by atomic mass is 35.5. The molecule has 1 unspecified atom stereocenters. The molecule has 0 aliphatic carbocycles. The molecule has 34 heavy (non-hydrogen) atoms. The van der Waals surface area contributed by atoms with Crippen molar-refractivity contribution in [2.45, 2.75) is 0 Å². The molecule has 0 aliphatic heterocycles. The van der Waals surface area contributed by atoms with Gasteiger partial charge < -0.3 is 18.9 Å². The van der Waals surface area contributed by atoms with Crippen LogP contribution in [0, 0.1) is 0 Å². The second-order valence-electron chi connectivity index (χ2n) is 6.75. The first-order chi connectivity index (χ1) is 16.3. The fourth-order valence-electron chi connectivity index (χ4n) is 3.39. The van der Waals surface area contributed by atoms with Gasteiger partial charge in [-0.2, -0.15) is 0 Å². The molecule has 0 saturated carbocycles. The van der Waals surface area contributed by atoms with Crippen LogP contribution in [0.1, 0.15) is 26.3 Å². The Morgan fingerprint density at radius 1 is 0.706 bits per heavy atom. The number of halogens is 2. The maximum Gasteiger partial charge on any atom is 0.466 e. The summed E-state index contributed by atoms with van der Waals surface area (Å²) in [5.41, 5.74) is -0.635. The molecule has 0 saturated heterocycles. The molecule has 0 bridgehead atoms. The van der Waals surface area contributed by atoms with E-state index in [1.807, 2.05) is 0 Å². The van der Waals surface area contributed by atoms with E-state index >= 15 is 0 Å². The van der Waals surface area contributed by atoms with Gasteiger partial charge in [-0.15, -0.1) is 0 Å². The number of rotatable bonds is 9. The SMILES string of the molecule is COc1cccc(OC)c1C(=O)[P+](=O)c1c(OC)c(Cl)c(C(=O)c2ccccc2)c(Cl)c1OC. The first-order valence-corrected chi connectivity index (χ1v) is 11.8. The summed E-state index contributed by atoms with van der Waals surface area (Å²) < 4.78 is 35.0. The van der Waals surface area contributed by atoms with E-state index in [1.165, 1.54) is 40.6 Å². The number of benzene rings is 3. The molecule has 7 nitrogen and oxygen atoms in total. The van der Waals surface area contributed by atoms with Gasteiger partial charge in [-0.25, -0.2) is 4.79 Å². The zero-order chi connectivity index (χ0) is 25.0. The van der Waals surface area contributed by atoms with Crippen LogP contribution in [0.25, 0.3) is 0 Å². The number of hydrogen-bond acceptors (Lipinski definition) is 7. The number of carbonyl (C=O) groups excluding carboxylic acids is 2. The predicted octanol–water partition coefficient (Wildman–Crippen LogP) is 5.55. The minimum Gasteiger partial charge on any atom is -0.496 e. The van der Waals surface area contributed by atoms with E-state index in [2.05, 4.69) is 0 Å². The van der Waals surface area contributed by atoms with E-state index in [-0.39, 0.29) is 49.5 Å². The maximum absolute atomic E-state index is 13.6. The molecule has 3 aromatic carbocycles. The molecule has 0 heterocycles. The van der Waals surface area contributed by atoms with Gasteiger partial charge in [-0.3, -0.25) is 4.79 Å². The molecular formula is C24H20Cl2O7P+. The third-order valence-corrected chi connectivity index (χ3v) is 7.09. The molecule has 0 fully saturated rings. The number of methoxy groups -OCH3 is 4. The lowest BCUT2D eigenvalue weighted by Crippen LogP contribution is -2.16. The van der Waals surface area contributed by atoms with E-state index in [1.54, 1.807) is 36.4 Å². The Hall–Kier alpha value is -3.12. The fourth-order valence-corrected chi connectivity index (χ4v) is 5.68. The van der Waals surface area contributed by atoms with Crippen molar-refractivity contribution in [3.63, 3.8) is 0 Å². The minimum absolute atomic E-state index is 0.0330. The zero-order valence-corrected chi connectivity index (χ0v) is 21.1. The van der Waals surface area contributed by atoms with Crippen LogP contribution < -0.4 is 24.3 Å². The summed E-state index contributed by atoms with van der Waals surface area (Å²) in [4.78, 5) is 26.6. The average Bonchev–Trinajstić information content (AvgIpc) is 2.87. The van der Waals surface area contributed by atoms with Crippen molar-refractivity contribution in [3.8, 4) is 23.0 Å². The van der Waals surface area contributed by atoms with Gasteiger partial charge in [0.25, 0.3) is 5.30 Å². The summed E-state index contributed by atoms with van der Waals surface area (Å²) in [6, 6.07) is 13.0. The topological polar surface area (TPSA) is 88.1 Å². The van der Waals surface area contributed by atoms with Gasteiger partial charge >= 0.3 is 13.3 Å². The highest BCUT2D eigenvalue weighted by Gasteiger charge is 2.46. The number of hydrogen-bond donors (Lipinski definition) is 0. The molecular weight excluding hydrogens is 502 g/mol. The van der Waals surface area contributed by atoms with Gasteiger partial charge in [0.15, 0.2) is 22.8 Å². The second kappa shape index (κ2) is 10.9. The molecule has 0 amide bonds. The van der Waals surface area contributed by atoms with Crippen molar-refractivity contribution in [2.24, 2.45) is 0 Å². The second-order valence-corrected chi connectivity index (χ2v) is 8.95. The molecule has 0 aromatic heterocycles. The van der Waals surface area contributed by atoms with E-state index in [4.69, 9.17) is 42.1 Å². The van der Waals surface area contributed by atoms with Gasteiger partial charge in [0.2, 0.25) is 0 Å². The molecule has 3 aromatic rings. The molecule has 0 aliphatic rings. The largest absolute Gasteiger partial charge is 0.496 e. The third kappa shape index (κ3) is 4.47. The van der Waals surface area contributed by atoms with E-state index in [0.29, 0.717) is 5.56 Å². The lowest BCUT2D eigenvalue weighted by molar-refractivity contribution is 0.103. The van der Waals surface area contributed by atoms with Crippen LogP contribution in [0.2, 0.25) is 10.0 Å². The summed E-state index contributed by atoms with van der Waals surface area (Å²) in [6.07, 6.45) is 0. The summed E-state index contributed by atoms with van der Waals surface area (Å²) in [5.74, 6) is -0.486. The standard InChI is InChI=1S/C24H20Cl2O7P/c1-30-14-11-8-12-15(31-2)16(14)24(28)34(29)23-21(32-3)18(25)17(19(26)22(23)33-4)20(27)13-9-6-5-7-10-13/h5-12H,1-4H3/q+1. The summed E-state index contributed by atoms with van der Waals surface area (Å²) >= 11 is 13.1. The lowest BCUT2D eigenvalue weighted by Gasteiger charge is -2.15. The quantitative estimate of drug-likeness (QED) is 0.269. The Balaban J connectivity index is 2.25. The highest BCUT2D eigenvalue weighted by molar-refractivity contribution is 7.72. The Morgan fingerprint density at radius 3 is 1.65 bits per heavy atom. The summed E-state index contributed by atoms with van der Waals surface area (Å²) in [7, 11) is 2.38. The first kappa shape index (κ1) is 25.5. The van der Waals surface area contributed by atoms with Gasteiger partial charge in [0.05, 0.1) is 34.0 Å². The number of ether oxygens (including phenoxy) is 4. The normalized spacial score (nSPS) is 10.9. The molecule has 10 heteroatoms. The smallest absolute Gasteiger partial charge is 0.466 e. The predicted molar refractivity (Wildman–Crippen MR) is 131 cm³/mol. The van der Waals surface area contributed by atoms with Gasteiger partial charge in [-0.05, 0) is 12.1 Å². The zero-order valence-electron chi connectivity index (χ0n) is 18.7. The molecule has 0 radical (unpaired) electrons. The fraction of sp³-hybridized carbons (Fsp3) is 0.167. The minimum atomic E-state index is -2.91. The first-order valence-electron chi connectivity index (χ1n) is 9.77. The molecule has 1 atom stereocenters. The molecule has 0 N–H and O–H groups in total. The van der Waals surface area contributed by atoms with E-state index in [9.17, 15) is 14.2 Å². The molecule has 176 valence electrons. The molecule has 0 spiro atoms. The van der Waals surface area contributed by atoms with Crippen LogP contribution in [0.3, 0.4) is 0 Å². The van der Waals surface area contributed by atoms with Crippen molar-refractivity contribution >= 4 is 47.6 Å². The highest BCUT2D eigenvalue weighted by Crippen LogP contribution is 2.47. The van der Waals surface area contributed by atoms with Gasteiger partial charge in [0, 0.05) is 5.56 Å². The molecule has 3 rings (SSSR count). The van der Waals surface area contributed by atoms with E-state index in [0.717, 1.165) is 0 Å². The maximum atomic E-state index is 13.6. The van der Waals surface area contributed by atoms with Crippen LogP contribution in [0.5, 0.6) is 23.0 Å². The number of ketones is 1. The van der Waals surface area contributed by atoms with Gasteiger partial charge in [0.1, 0.15) is 21.5 Å². The average molecular weight is 522 g/mol. The van der Waals surface area contributed by atoms with E-state index < -0.39 is 19.1 Å².